The van der Waals surface area contributed by atoms with E-state index >= 15 is 0 Å². The zero-order valence-corrected chi connectivity index (χ0v) is 16.9. The molecule has 1 atom stereocenters. The van der Waals surface area contributed by atoms with Gasteiger partial charge in [0.15, 0.2) is 11.5 Å². The molecule has 0 bridgehead atoms. The van der Waals surface area contributed by atoms with Crippen LogP contribution in [0.3, 0.4) is 0 Å². The van der Waals surface area contributed by atoms with Gasteiger partial charge in [-0.15, -0.1) is 0 Å². The molecule has 0 aliphatic carbocycles. The van der Waals surface area contributed by atoms with E-state index in [-0.39, 0.29) is 11.9 Å². The first kappa shape index (κ1) is 18.9. The lowest BCUT2D eigenvalue weighted by Crippen LogP contribution is -2.34. The Morgan fingerprint density at radius 1 is 1.18 bits per heavy atom. The molecule has 0 unspecified atom stereocenters. The SMILES string of the molecule is C[C@H]1Cc2cc(C(=O)Nc3cc4c(cc3Cl)OCCO4)ccc2N1S(C)(=O)=O. The van der Waals surface area contributed by atoms with Gasteiger partial charge in [-0.05, 0) is 37.1 Å². The molecule has 2 aliphatic heterocycles. The average Bonchev–Trinajstić information content (AvgIpc) is 2.97. The Morgan fingerprint density at radius 2 is 1.86 bits per heavy atom. The third-order valence-electron chi connectivity index (χ3n) is 4.73. The highest BCUT2D eigenvalue weighted by molar-refractivity contribution is 7.92. The topological polar surface area (TPSA) is 84.9 Å². The molecule has 7 nitrogen and oxygen atoms in total. The normalized spacial score (nSPS) is 18.0. The van der Waals surface area contributed by atoms with Gasteiger partial charge in [0, 0.05) is 23.7 Å². The van der Waals surface area contributed by atoms with Crippen LogP contribution in [0.15, 0.2) is 30.3 Å². The highest BCUT2D eigenvalue weighted by atomic mass is 35.5. The molecule has 2 aliphatic rings. The summed E-state index contributed by atoms with van der Waals surface area (Å²) in [5, 5.41) is 3.13. The number of nitrogens with zero attached hydrogens (tertiary/aromatic N) is 1. The van der Waals surface area contributed by atoms with Gasteiger partial charge in [0.2, 0.25) is 10.0 Å². The Kier molecular flexibility index (Phi) is 4.63. The summed E-state index contributed by atoms with van der Waals surface area (Å²) in [6, 6.07) is 8.06. The maximum absolute atomic E-state index is 12.7. The van der Waals surface area contributed by atoms with Crippen LogP contribution in [0.25, 0.3) is 0 Å². The van der Waals surface area contributed by atoms with E-state index in [0.29, 0.717) is 53.1 Å². The van der Waals surface area contributed by atoms with Gasteiger partial charge < -0.3 is 14.8 Å². The lowest BCUT2D eigenvalue weighted by molar-refractivity contribution is 0.102. The third-order valence-corrected chi connectivity index (χ3v) is 6.32. The number of fused-ring (bicyclic) bond motifs is 2. The minimum absolute atomic E-state index is 0.185. The van der Waals surface area contributed by atoms with Crippen molar-refractivity contribution in [1.82, 2.24) is 0 Å². The van der Waals surface area contributed by atoms with Gasteiger partial charge >= 0.3 is 0 Å². The fraction of sp³-hybridized carbons (Fsp3) is 0.316. The molecule has 2 heterocycles. The first-order chi connectivity index (χ1) is 13.2. The van der Waals surface area contributed by atoms with Crippen molar-refractivity contribution in [2.75, 3.05) is 29.1 Å². The number of amides is 1. The van der Waals surface area contributed by atoms with E-state index in [0.717, 1.165) is 5.56 Å². The molecule has 148 valence electrons. The summed E-state index contributed by atoms with van der Waals surface area (Å²) in [6.07, 6.45) is 1.73. The fourth-order valence-corrected chi connectivity index (χ4v) is 5.07. The summed E-state index contributed by atoms with van der Waals surface area (Å²) in [5.41, 5.74) is 2.28. The van der Waals surface area contributed by atoms with Crippen LogP contribution in [-0.4, -0.2) is 39.8 Å². The van der Waals surface area contributed by atoms with Gasteiger partial charge in [-0.25, -0.2) is 8.42 Å². The third kappa shape index (κ3) is 3.38. The van der Waals surface area contributed by atoms with Crippen molar-refractivity contribution in [1.29, 1.82) is 0 Å². The van der Waals surface area contributed by atoms with E-state index < -0.39 is 10.0 Å². The molecule has 4 rings (SSSR count). The van der Waals surface area contributed by atoms with E-state index in [2.05, 4.69) is 5.32 Å². The smallest absolute Gasteiger partial charge is 0.255 e. The highest BCUT2D eigenvalue weighted by Gasteiger charge is 2.32. The van der Waals surface area contributed by atoms with Crippen LogP contribution in [-0.2, 0) is 16.4 Å². The van der Waals surface area contributed by atoms with Crippen molar-refractivity contribution in [3.8, 4) is 11.5 Å². The number of benzene rings is 2. The van der Waals surface area contributed by atoms with Gasteiger partial charge in [-0.3, -0.25) is 9.10 Å². The minimum Gasteiger partial charge on any atom is -0.486 e. The molecular weight excluding hydrogens is 404 g/mol. The molecule has 0 saturated heterocycles. The lowest BCUT2D eigenvalue weighted by atomic mass is 10.1. The van der Waals surface area contributed by atoms with E-state index in [4.69, 9.17) is 21.1 Å². The van der Waals surface area contributed by atoms with Crippen molar-refractivity contribution in [2.45, 2.75) is 19.4 Å². The van der Waals surface area contributed by atoms with E-state index in [1.807, 2.05) is 6.92 Å². The summed E-state index contributed by atoms with van der Waals surface area (Å²) in [4.78, 5) is 12.7. The Morgan fingerprint density at radius 3 is 2.54 bits per heavy atom. The van der Waals surface area contributed by atoms with Crippen LogP contribution >= 0.6 is 11.6 Å². The van der Waals surface area contributed by atoms with Crippen molar-refractivity contribution in [3.05, 3.63) is 46.5 Å². The predicted octanol–water partition coefficient (Wildman–Crippen LogP) is 3.07. The molecule has 1 amide bonds. The molecule has 1 N–H and O–H groups in total. The van der Waals surface area contributed by atoms with Crippen molar-refractivity contribution < 1.29 is 22.7 Å². The number of halogens is 1. The molecule has 0 saturated carbocycles. The second-order valence-corrected chi connectivity index (χ2v) is 9.15. The molecule has 0 spiro atoms. The van der Waals surface area contributed by atoms with Gasteiger partial charge in [-0.1, -0.05) is 11.6 Å². The molecule has 0 radical (unpaired) electrons. The zero-order valence-electron chi connectivity index (χ0n) is 15.4. The van der Waals surface area contributed by atoms with Crippen LogP contribution in [0.5, 0.6) is 11.5 Å². The molecule has 0 aromatic heterocycles. The Labute approximate surface area is 168 Å². The number of carbonyl (C=O) groups excluding carboxylic acids is 1. The first-order valence-electron chi connectivity index (χ1n) is 8.77. The summed E-state index contributed by atoms with van der Waals surface area (Å²) < 4.78 is 36.4. The van der Waals surface area contributed by atoms with E-state index in [9.17, 15) is 13.2 Å². The Bertz CT molecular complexity index is 1070. The van der Waals surface area contributed by atoms with E-state index in [1.54, 1.807) is 30.3 Å². The van der Waals surface area contributed by atoms with Gasteiger partial charge in [0.25, 0.3) is 5.91 Å². The fourth-order valence-electron chi connectivity index (χ4n) is 3.60. The minimum atomic E-state index is -3.37. The second kappa shape index (κ2) is 6.86. The van der Waals surface area contributed by atoms with Crippen LogP contribution in [0.1, 0.15) is 22.8 Å². The maximum atomic E-state index is 12.7. The zero-order chi connectivity index (χ0) is 20.1. The van der Waals surface area contributed by atoms with Crippen LogP contribution in [0.4, 0.5) is 11.4 Å². The van der Waals surface area contributed by atoms with Gasteiger partial charge in [0.1, 0.15) is 13.2 Å². The van der Waals surface area contributed by atoms with Crippen LogP contribution in [0.2, 0.25) is 5.02 Å². The lowest BCUT2D eigenvalue weighted by Gasteiger charge is -2.22. The summed E-state index contributed by atoms with van der Waals surface area (Å²) in [6.45, 7) is 2.73. The molecule has 28 heavy (non-hydrogen) atoms. The molecule has 9 heteroatoms. The van der Waals surface area contributed by atoms with Crippen molar-refractivity contribution in [3.63, 3.8) is 0 Å². The van der Waals surface area contributed by atoms with Crippen LogP contribution in [0, 0.1) is 0 Å². The predicted molar refractivity (Wildman–Crippen MR) is 107 cm³/mol. The van der Waals surface area contributed by atoms with Crippen LogP contribution < -0.4 is 19.1 Å². The van der Waals surface area contributed by atoms with E-state index in [1.165, 1.54) is 10.6 Å². The standard InChI is InChI=1S/C19H19ClN2O5S/c1-11-7-13-8-12(3-4-16(13)22(11)28(2,24)25)19(23)21-15-10-18-17(9-14(15)20)26-5-6-27-18/h3-4,8-11H,5-7H2,1-2H3,(H,21,23)/t11-/m0/s1. The van der Waals surface area contributed by atoms with Gasteiger partial charge in [-0.2, -0.15) is 0 Å². The summed E-state index contributed by atoms with van der Waals surface area (Å²) >= 11 is 6.25. The molecule has 0 fully saturated rings. The highest BCUT2D eigenvalue weighted by Crippen LogP contribution is 2.38. The number of nitrogens with one attached hydrogen (secondary N) is 1. The second-order valence-electron chi connectivity index (χ2n) is 6.89. The number of ether oxygens (including phenoxy) is 2. The van der Waals surface area contributed by atoms with Crippen molar-refractivity contribution in [2.24, 2.45) is 0 Å². The molecular formula is C19H19ClN2O5S. The number of hydrogen-bond acceptors (Lipinski definition) is 5. The van der Waals surface area contributed by atoms with Crippen molar-refractivity contribution >= 4 is 38.9 Å². The maximum Gasteiger partial charge on any atom is 0.255 e. The number of sulfonamides is 1. The quantitative estimate of drug-likeness (QED) is 0.821. The Balaban J connectivity index is 1.60. The summed E-state index contributed by atoms with van der Waals surface area (Å²) in [7, 11) is -3.37. The number of anilines is 2. The number of rotatable bonds is 3. The number of carbonyl (C=O) groups is 1. The number of hydrogen-bond donors (Lipinski definition) is 1. The molecule has 2 aromatic carbocycles. The largest absolute Gasteiger partial charge is 0.486 e. The van der Waals surface area contributed by atoms with Gasteiger partial charge in [0.05, 0.1) is 22.7 Å². The summed E-state index contributed by atoms with van der Waals surface area (Å²) in [5.74, 6) is 0.728. The average molecular weight is 423 g/mol. The monoisotopic (exact) mass is 422 g/mol. The first-order valence-corrected chi connectivity index (χ1v) is 11.0. The molecule has 2 aromatic rings. The Hall–Kier alpha value is -2.45.